The molecular weight excluding hydrogens is 252 g/mol. The van der Waals surface area contributed by atoms with Crippen LogP contribution in [0.15, 0.2) is 29.2 Å². The van der Waals surface area contributed by atoms with E-state index in [1.807, 2.05) is 12.1 Å². The molecule has 0 aliphatic heterocycles. The first kappa shape index (κ1) is 14.6. The molecule has 0 saturated carbocycles. The zero-order valence-corrected chi connectivity index (χ0v) is 11.3. The van der Waals surface area contributed by atoms with Gasteiger partial charge in [0, 0.05) is 10.6 Å². The van der Waals surface area contributed by atoms with Gasteiger partial charge in [0.1, 0.15) is 0 Å². The molecule has 0 radical (unpaired) electrons. The third-order valence-electron chi connectivity index (χ3n) is 2.16. The lowest BCUT2D eigenvalue weighted by Gasteiger charge is -2.03. The number of carbonyl (C=O) groups is 2. The number of hydrogen-bond acceptors (Lipinski definition) is 5. The minimum atomic E-state index is -0.349. The second-order valence-electron chi connectivity index (χ2n) is 3.42. The van der Waals surface area contributed by atoms with Crippen molar-refractivity contribution < 1.29 is 19.1 Å². The second kappa shape index (κ2) is 7.76. The van der Waals surface area contributed by atoms with Crippen molar-refractivity contribution in [1.29, 1.82) is 0 Å². The van der Waals surface area contributed by atoms with E-state index in [9.17, 15) is 9.59 Å². The van der Waals surface area contributed by atoms with Crippen LogP contribution in [0, 0.1) is 0 Å². The summed E-state index contributed by atoms with van der Waals surface area (Å²) >= 11 is 1.55. The maximum absolute atomic E-state index is 11.2. The van der Waals surface area contributed by atoms with Gasteiger partial charge in [-0.1, -0.05) is 0 Å². The van der Waals surface area contributed by atoms with Crippen molar-refractivity contribution in [3.8, 4) is 0 Å². The van der Waals surface area contributed by atoms with Gasteiger partial charge in [0.2, 0.25) is 0 Å². The van der Waals surface area contributed by atoms with E-state index in [1.165, 1.54) is 7.11 Å². The normalized spacial score (nSPS) is 9.89. The van der Waals surface area contributed by atoms with Crippen molar-refractivity contribution >= 4 is 23.7 Å². The number of methoxy groups -OCH3 is 1. The molecule has 0 fully saturated rings. The summed E-state index contributed by atoms with van der Waals surface area (Å²) in [6, 6.07) is 7.08. The third kappa shape index (κ3) is 4.79. The Morgan fingerprint density at radius 3 is 2.44 bits per heavy atom. The molecule has 0 saturated heterocycles. The van der Waals surface area contributed by atoms with E-state index in [4.69, 9.17) is 4.74 Å². The van der Waals surface area contributed by atoms with Crippen molar-refractivity contribution in [2.24, 2.45) is 0 Å². The van der Waals surface area contributed by atoms with E-state index in [0.29, 0.717) is 24.3 Å². The number of carbonyl (C=O) groups excluding carboxylic acids is 2. The topological polar surface area (TPSA) is 52.6 Å². The first-order chi connectivity index (χ1) is 8.67. The molecule has 18 heavy (non-hydrogen) atoms. The SMILES string of the molecule is CCOC(=O)CCSc1ccc(C(=O)OC)cc1. The van der Waals surface area contributed by atoms with Crippen LogP contribution in [0.1, 0.15) is 23.7 Å². The number of benzene rings is 1. The molecule has 0 spiro atoms. The van der Waals surface area contributed by atoms with Crippen molar-refractivity contribution in [2.75, 3.05) is 19.5 Å². The number of hydrogen-bond donors (Lipinski definition) is 0. The molecule has 0 aliphatic rings. The van der Waals surface area contributed by atoms with Crippen molar-refractivity contribution in [1.82, 2.24) is 0 Å². The smallest absolute Gasteiger partial charge is 0.337 e. The van der Waals surface area contributed by atoms with Crippen LogP contribution in [-0.2, 0) is 14.3 Å². The second-order valence-corrected chi connectivity index (χ2v) is 4.59. The Morgan fingerprint density at radius 2 is 1.89 bits per heavy atom. The van der Waals surface area contributed by atoms with Gasteiger partial charge in [-0.3, -0.25) is 4.79 Å². The molecule has 0 atom stereocenters. The summed E-state index contributed by atoms with van der Waals surface area (Å²) in [5.41, 5.74) is 0.521. The summed E-state index contributed by atoms with van der Waals surface area (Å²) in [6.45, 7) is 2.20. The summed E-state index contributed by atoms with van der Waals surface area (Å²) in [4.78, 5) is 23.3. The lowest BCUT2D eigenvalue weighted by atomic mass is 10.2. The maximum Gasteiger partial charge on any atom is 0.337 e. The molecule has 0 heterocycles. The minimum Gasteiger partial charge on any atom is -0.466 e. The third-order valence-corrected chi connectivity index (χ3v) is 3.17. The summed E-state index contributed by atoms with van der Waals surface area (Å²) < 4.78 is 9.44. The van der Waals surface area contributed by atoms with Crippen molar-refractivity contribution in [3.63, 3.8) is 0 Å². The molecule has 1 rings (SSSR count). The Bertz CT molecular complexity index is 400. The molecule has 0 amide bonds. The van der Waals surface area contributed by atoms with Gasteiger partial charge in [0.25, 0.3) is 0 Å². The molecule has 0 aliphatic carbocycles. The highest BCUT2D eigenvalue weighted by atomic mass is 32.2. The maximum atomic E-state index is 11.2. The molecule has 98 valence electrons. The zero-order chi connectivity index (χ0) is 13.4. The molecule has 1 aromatic rings. The molecule has 0 bridgehead atoms. The van der Waals surface area contributed by atoms with Crippen LogP contribution in [0.3, 0.4) is 0 Å². The largest absolute Gasteiger partial charge is 0.466 e. The fraction of sp³-hybridized carbons (Fsp3) is 0.385. The summed E-state index contributed by atoms with van der Waals surface area (Å²) in [6.07, 6.45) is 0.386. The van der Waals surface area contributed by atoms with Gasteiger partial charge in [-0.25, -0.2) is 4.79 Å². The van der Waals surface area contributed by atoms with Gasteiger partial charge < -0.3 is 9.47 Å². The number of thioether (sulfide) groups is 1. The highest BCUT2D eigenvalue weighted by molar-refractivity contribution is 7.99. The predicted octanol–water partition coefficient (Wildman–Crippen LogP) is 2.52. The van der Waals surface area contributed by atoms with Crippen LogP contribution in [0.25, 0.3) is 0 Å². The lowest BCUT2D eigenvalue weighted by Crippen LogP contribution is -2.04. The Kier molecular flexibility index (Phi) is 6.28. The lowest BCUT2D eigenvalue weighted by molar-refractivity contribution is -0.142. The summed E-state index contributed by atoms with van der Waals surface area (Å²) in [7, 11) is 1.35. The molecule has 1 aromatic carbocycles. The van der Waals surface area contributed by atoms with Gasteiger partial charge in [-0.15, -0.1) is 11.8 Å². The van der Waals surface area contributed by atoms with E-state index in [0.717, 1.165) is 4.90 Å². The average Bonchev–Trinajstić information content (AvgIpc) is 2.39. The summed E-state index contributed by atoms with van der Waals surface area (Å²) in [5, 5.41) is 0. The fourth-order valence-corrected chi connectivity index (χ4v) is 2.12. The quantitative estimate of drug-likeness (QED) is 0.586. The highest BCUT2D eigenvalue weighted by Crippen LogP contribution is 2.19. The minimum absolute atomic E-state index is 0.184. The average molecular weight is 268 g/mol. The van der Waals surface area contributed by atoms with Gasteiger partial charge in [0.15, 0.2) is 0 Å². The van der Waals surface area contributed by atoms with Gasteiger partial charge >= 0.3 is 11.9 Å². The van der Waals surface area contributed by atoms with Crippen LogP contribution >= 0.6 is 11.8 Å². The van der Waals surface area contributed by atoms with Crippen LogP contribution in [0.5, 0.6) is 0 Å². The number of ether oxygens (including phenoxy) is 2. The molecule has 0 aromatic heterocycles. The van der Waals surface area contributed by atoms with Crippen LogP contribution in [-0.4, -0.2) is 31.4 Å². The predicted molar refractivity (Wildman–Crippen MR) is 69.8 cm³/mol. The first-order valence-electron chi connectivity index (χ1n) is 5.64. The van der Waals surface area contributed by atoms with Crippen LogP contribution in [0.2, 0.25) is 0 Å². The molecule has 0 unspecified atom stereocenters. The van der Waals surface area contributed by atoms with Gasteiger partial charge in [-0.05, 0) is 31.2 Å². The van der Waals surface area contributed by atoms with E-state index in [-0.39, 0.29) is 11.9 Å². The standard InChI is InChI=1S/C13H16O4S/c1-3-17-12(14)8-9-18-11-6-4-10(5-7-11)13(15)16-2/h4-7H,3,8-9H2,1-2H3. The van der Waals surface area contributed by atoms with Crippen LogP contribution in [0.4, 0.5) is 0 Å². The van der Waals surface area contributed by atoms with E-state index >= 15 is 0 Å². The van der Waals surface area contributed by atoms with E-state index in [2.05, 4.69) is 4.74 Å². The molecule has 4 nitrogen and oxygen atoms in total. The highest BCUT2D eigenvalue weighted by Gasteiger charge is 2.05. The fourth-order valence-electron chi connectivity index (χ4n) is 1.29. The first-order valence-corrected chi connectivity index (χ1v) is 6.62. The number of esters is 2. The Labute approximate surface area is 111 Å². The Morgan fingerprint density at radius 1 is 1.22 bits per heavy atom. The van der Waals surface area contributed by atoms with E-state index in [1.54, 1.807) is 30.8 Å². The molecular formula is C13H16O4S. The summed E-state index contributed by atoms with van der Waals surface area (Å²) in [5.74, 6) is 0.130. The van der Waals surface area contributed by atoms with Crippen molar-refractivity contribution in [3.05, 3.63) is 29.8 Å². The zero-order valence-electron chi connectivity index (χ0n) is 10.5. The monoisotopic (exact) mass is 268 g/mol. The van der Waals surface area contributed by atoms with Crippen LogP contribution < -0.4 is 0 Å². The van der Waals surface area contributed by atoms with Gasteiger partial charge in [-0.2, -0.15) is 0 Å². The Balaban J connectivity index is 2.40. The number of rotatable bonds is 6. The van der Waals surface area contributed by atoms with Crippen molar-refractivity contribution in [2.45, 2.75) is 18.2 Å². The van der Waals surface area contributed by atoms with Gasteiger partial charge in [0.05, 0.1) is 25.7 Å². The molecule has 5 heteroatoms. The van der Waals surface area contributed by atoms with E-state index < -0.39 is 0 Å². The Hall–Kier alpha value is -1.49. The molecule has 0 N–H and O–H groups in total.